The molecule has 1 fully saturated rings. The zero-order valence-corrected chi connectivity index (χ0v) is 15.0. The van der Waals surface area contributed by atoms with Crippen LogP contribution in [0.1, 0.15) is 12.5 Å². The van der Waals surface area contributed by atoms with Crippen molar-refractivity contribution in [1.82, 2.24) is 0 Å². The number of nitrogens with one attached hydrogen (secondary N) is 1. The molecule has 1 aliphatic rings. The summed E-state index contributed by atoms with van der Waals surface area (Å²) in [6, 6.07) is 18.4. The number of hydrogen-bond donors (Lipinski definition) is 1. The average molecular weight is 363 g/mol. The van der Waals surface area contributed by atoms with Crippen molar-refractivity contribution in [1.29, 1.82) is 5.26 Å². The van der Waals surface area contributed by atoms with Gasteiger partial charge in [0.1, 0.15) is 16.7 Å². The Balaban J connectivity index is 1.95. The smallest absolute Gasteiger partial charge is 0.269 e. The maximum Gasteiger partial charge on any atom is 0.269 e. The summed E-state index contributed by atoms with van der Waals surface area (Å²) in [6.07, 6.45) is 0.897. The maximum atomic E-state index is 12.6. The van der Waals surface area contributed by atoms with Crippen LogP contribution in [-0.2, 0) is 16.0 Å². The molecular weight excluding hydrogens is 346 g/mol. The molecule has 1 N–H and O–H groups in total. The molecule has 1 heterocycles. The first-order valence-electron chi connectivity index (χ1n) is 8.19. The molecule has 0 spiro atoms. The number of para-hydroxylation sites is 1. The molecular formula is C20H17N3O2S. The van der Waals surface area contributed by atoms with E-state index < -0.39 is 5.91 Å². The summed E-state index contributed by atoms with van der Waals surface area (Å²) in [4.78, 5) is 26.4. The maximum absolute atomic E-state index is 12.6. The van der Waals surface area contributed by atoms with Crippen molar-refractivity contribution in [2.24, 2.45) is 0 Å². The number of nitriles is 1. The number of hydrogen-bond acceptors (Lipinski definition) is 4. The van der Waals surface area contributed by atoms with E-state index in [1.807, 2.05) is 36.4 Å². The van der Waals surface area contributed by atoms with Gasteiger partial charge in [0.2, 0.25) is 5.91 Å². The fraction of sp³-hybridized carbons (Fsp3) is 0.150. The summed E-state index contributed by atoms with van der Waals surface area (Å²) in [5, 5.41) is 12.6. The third-order valence-electron chi connectivity index (χ3n) is 3.97. The van der Waals surface area contributed by atoms with E-state index in [1.54, 1.807) is 24.3 Å². The number of amides is 2. The number of rotatable bonds is 4. The topological polar surface area (TPSA) is 73.2 Å². The molecule has 0 saturated carbocycles. The van der Waals surface area contributed by atoms with Gasteiger partial charge in [0.05, 0.1) is 5.75 Å². The monoisotopic (exact) mass is 363 g/mol. The van der Waals surface area contributed by atoms with Crippen molar-refractivity contribution in [2.75, 3.05) is 16.0 Å². The molecule has 5 nitrogen and oxygen atoms in total. The Morgan fingerprint density at radius 1 is 1.19 bits per heavy atom. The highest BCUT2D eigenvalue weighted by Gasteiger charge is 2.33. The van der Waals surface area contributed by atoms with Gasteiger partial charge in [0.15, 0.2) is 0 Å². The molecule has 2 aromatic rings. The van der Waals surface area contributed by atoms with E-state index >= 15 is 0 Å². The summed E-state index contributed by atoms with van der Waals surface area (Å²) >= 11 is 1.21. The number of anilines is 2. The number of thioether (sulfide) groups is 1. The standard InChI is InChI=1S/C20H17N3O2S/c1-2-14-8-10-16(11-9-14)23-18(24)13-26-20(23)17(12-21)19(25)22-15-6-4-3-5-7-15/h3-11H,2,13H2,1H3,(H,22,25)/b20-17-. The van der Waals surface area contributed by atoms with Crippen molar-refractivity contribution in [3.63, 3.8) is 0 Å². The molecule has 0 aliphatic carbocycles. The molecule has 0 unspecified atom stereocenters. The molecule has 3 rings (SSSR count). The van der Waals surface area contributed by atoms with Gasteiger partial charge in [-0.3, -0.25) is 14.5 Å². The van der Waals surface area contributed by atoms with Gasteiger partial charge >= 0.3 is 0 Å². The lowest BCUT2D eigenvalue weighted by molar-refractivity contribution is -0.115. The number of benzene rings is 2. The van der Waals surface area contributed by atoms with E-state index in [2.05, 4.69) is 12.2 Å². The van der Waals surface area contributed by atoms with Crippen LogP contribution in [0, 0.1) is 11.3 Å². The number of nitrogens with zero attached hydrogens (tertiary/aromatic N) is 2. The van der Waals surface area contributed by atoms with Crippen molar-refractivity contribution in [2.45, 2.75) is 13.3 Å². The van der Waals surface area contributed by atoms with E-state index in [-0.39, 0.29) is 17.2 Å². The van der Waals surface area contributed by atoms with E-state index in [9.17, 15) is 14.9 Å². The lowest BCUT2D eigenvalue weighted by Crippen LogP contribution is -2.26. The van der Waals surface area contributed by atoms with Gasteiger partial charge < -0.3 is 5.32 Å². The van der Waals surface area contributed by atoms with E-state index in [0.29, 0.717) is 16.4 Å². The second-order valence-corrected chi connectivity index (χ2v) is 6.61. The minimum absolute atomic E-state index is 0.0655. The summed E-state index contributed by atoms with van der Waals surface area (Å²) in [5.41, 5.74) is 2.34. The Bertz CT molecular complexity index is 899. The Morgan fingerprint density at radius 2 is 1.88 bits per heavy atom. The quantitative estimate of drug-likeness (QED) is 0.664. The van der Waals surface area contributed by atoms with Gasteiger partial charge in [0, 0.05) is 11.4 Å². The average Bonchev–Trinajstić information content (AvgIpc) is 3.04. The van der Waals surface area contributed by atoms with Gasteiger partial charge in [-0.25, -0.2) is 0 Å². The van der Waals surface area contributed by atoms with Crippen LogP contribution in [0.3, 0.4) is 0 Å². The molecule has 130 valence electrons. The van der Waals surface area contributed by atoms with Gasteiger partial charge in [-0.15, -0.1) is 0 Å². The van der Waals surface area contributed by atoms with Crippen LogP contribution >= 0.6 is 11.8 Å². The Kier molecular flexibility index (Phi) is 5.40. The van der Waals surface area contributed by atoms with Crippen LogP contribution in [-0.4, -0.2) is 17.6 Å². The third kappa shape index (κ3) is 3.63. The molecule has 0 bridgehead atoms. The molecule has 2 aromatic carbocycles. The predicted octanol–water partition coefficient (Wildman–Crippen LogP) is 3.70. The lowest BCUT2D eigenvalue weighted by Gasteiger charge is -2.18. The molecule has 26 heavy (non-hydrogen) atoms. The fourth-order valence-corrected chi connectivity index (χ4v) is 3.62. The van der Waals surface area contributed by atoms with E-state index in [4.69, 9.17) is 0 Å². The predicted molar refractivity (Wildman–Crippen MR) is 103 cm³/mol. The van der Waals surface area contributed by atoms with Crippen LogP contribution < -0.4 is 10.2 Å². The van der Waals surface area contributed by atoms with Gasteiger partial charge in [0.25, 0.3) is 5.91 Å². The largest absolute Gasteiger partial charge is 0.321 e. The van der Waals surface area contributed by atoms with Gasteiger partial charge in [-0.2, -0.15) is 5.26 Å². The molecule has 6 heteroatoms. The fourth-order valence-electron chi connectivity index (χ4n) is 2.61. The minimum atomic E-state index is -0.522. The first-order chi connectivity index (χ1) is 12.6. The molecule has 1 aliphatic heterocycles. The van der Waals surface area contributed by atoms with Gasteiger partial charge in [-0.05, 0) is 36.2 Å². The lowest BCUT2D eigenvalue weighted by atomic mass is 10.1. The number of aryl methyl sites for hydroxylation is 1. The second-order valence-electron chi connectivity index (χ2n) is 5.65. The van der Waals surface area contributed by atoms with Crippen LogP contribution in [0.5, 0.6) is 0 Å². The van der Waals surface area contributed by atoms with Crippen molar-refractivity contribution in [3.8, 4) is 6.07 Å². The summed E-state index contributed by atoms with van der Waals surface area (Å²) in [7, 11) is 0. The van der Waals surface area contributed by atoms with Crippen molar-refractivity contribution >= 4 is 35.0 Å². The zero-order valence-electron chi connectivity index (χ0n) is 14.2. The third-order valence-corrected chi connectivity index (χ3v) is 5.02. The second kappa shape index (κ2) is 7.89. The minimum Gasteiger partial charge on any atom is -0.321 e. The van der Waals surface area contributed by atoms with Crippen LogP contribution in [0.2, 0.25) is 0 Å². The molecule has 2 amide bonds. The molecule has 0 aromatic heterocycles. The Morgan fingerprint density at radius 3 is 2.50 bits per heavy atom. The highest BCUT2D eigenvalue weighted by molar-refractivity contribution is 8.04. The van der Waals surface area contributed by atoms with Crippen molar-refractivity contribution < 1.29 is 9.59 Å². The molecule has 0 radical (unpaired) electrons. The Hall–Kier alpha value is -3.04. The highest BCUT2D eigenvalue weighted by Crippen LogP contribution is 2.36. The normalized spacial score (nSPS) is 15.5. The SMILES string of the molecule is CCc1ccc(N2C(=O)CS/C2=C(/C#N)C(=O)Nc2ccccc2)cc1. The Labute approximate surface area is 156 Å². The van der Waals surface area contributed by atoms with Gasteiger partial charge in [-0.1, -0.05) is 49.0 Å². The zero-order chi connectivity index (χ0) is 18.5. The summed E-state index contributed by atoms with van der Waals surface area (Å²) in [6.45, 7) is 2.05. The van der Waals surface area contributed by atoms with Crippen molar-refractivity contribution in [3.05, 3.63) is 70.8 Å². The highest BCUT2D eigenvalue weighted by atomic mass is 32.2. The number of carbonyl (C=O) groups is 2. The summed E-state index contributed by atoms with van der Waals surface area (Å²) < 4.78 is 0. The first-order valence-corrected chi connectivity index (χ1v) is 9.18. The molecule has 1 saturated heterocycles. The molecule has 0 atom stereocenters. The van der Waals surface area contributed by atoms with Crippen LogP contribution in [0.4, 0.5) is 11.4 Å². The van der Waals surface area contributed by atoms with E-state index in [0.717, 1.165) is 12.0 Å². The van der Waals surface area contributed by atoms with Crippen LogP contribution in [0.25, 0.3) is 0 Å². The van der Waals surface area contributed by atoms with Crippen LogP contribution in [0.15, 0.2) is 65.2 Å². The first kappa shape index (κ1) is 17.8. The number of carbonyl (C=O) groups excluding carboxylic acids is 2. The van der Waals surface area contributed by atoms with E-state index in [1.165, 1.54) is 16.7 Å². The summed E-state index contributed by atoms with van der Waals surface area (Å²) in [5.74, 6) is -0.463.